The van der Waals surface area contributed by atoms with Crippen molar-refractivity contribution in [2.24, 2.45) is 5.16 Å². The summed E-state index contributed by atoms with van der Waals surface area (Å²) in [6.07, 6.45) is 2.03. The van der Waals surface area contributed by atoms with Crippen molar-refractivity contribution in [3.63, 3.8) is 0 Å². The average Bonchev–Trinajstić information content (AvgIpc) is 2.82. The summed E-state index contributed by atoms with van der Waals surface area (Å²) in [6.45, 7) is 0. The molecule has 3 rings (SSSR count). The van der Waals surface area contributed by atoms with Crippen molar-refractivity contribution in [1.82, 2.24) is 4.57 Å². The van der Waals surface area contributed by atoms with Gasteiger partial charge < -0.3 is 9.40 Å². The number of para-hydroxylation sites is 1. The van der Waals surface area contributed by atoms with E-state index in [4.69, 9.17) is 4.84 Å². The summed E-state index contributed by atoms with van der Waals surface area (Å²) in [7, 11) is 1.57. The molecule has 2 heterocycles. The highest BCUT2D eigenvalue weighted by atomic mass is 16.6. The van der Waals surface area contributed by atoms with E-state index in [1.54, 1.807) is 7.11 Å². The van der Waals surface area contributed by atoms with Gasteiger partial charge in [-0.25, -0.2) is 0 Å². The lowest BCUT2D eigenvalue weighted by Gasteiger charge is -1.98. The number of hydrogen-bond acceptors (Lipinski definition) is 2. The van der Waals surface area contributed by atoms with Gasteiger partial charge in [0.05, 0.1) is 11.4 Å². The summed E-state index contributed by atoms with van der Waals surface area (Å²) in [5.74, 6) is 0. The molecule has 0 fully saturated rings. The molecule has 0 N–H and O–H groups in total. The molecule has 0 unspecified atom stereocenters. The van der Waals surface area contributed by atoms with E-state index in [1.165, 1.54) is 0 Å². The third-order valence-electron chi connectivity index (χ3n) is 2.59. The van der Waals surface area contributed by atoms with Crippen molar-refractivity contribution in [2.75, 3.05) is 7.11 Å². The lowest BCUT2D eigenvalue weighted by atomic mass is 10.1. The normalized spacial score (nSPS) is 15.1. The minimum absolute atomic E-state index is 0.901. The van der Waals surface area contributed by atoms with E-state index in [9.17, 15) is 0 Å². The van der Waals surface area contributed by atoms with Crippen molar-refractivity contribution < 1.29 is 4.84 Å². The number of fused-ring (bicyclic) bond motifs is 3. The molecule has 1 aromatic carbocycles. The Balaban J connectivity index is 2.33. The van der Waals surface area contributed by atoms with Crippen molar-refractivity contribution in [2.45, 2.75) is 0 Å². The van der Waals surface area contributed by atoms with Gasteiger partial charge in [-0.15, -0.1) is 0 Å². The fourth-order valence-electron chi connectivity index (χ4n) is 1.99. The molecular weight excluding hydrogens is 188 g/mol. The van der Waals surface area contributed by atoms with Crippen molar-refractivity contribution in [3.8, 4) is 5.69 Å². The smallest absolute Gasteiger partial charge is 0.136 e. The number of oxime groups is 1. The second kappa shape index (κ2) is 2.98. The Labute approximate surface area is 87.6 Å². The van der Waals surface area contributed by atoms with E-state index in [0.717, 1.165) is 22.7 Å². The second-order valence-electron chi connectivity index (χ2n) is 3.40. The molecule has 0 bridgehead atoms. The fourth-order valence-corrected chi connectivity index (χ4v) is 1.99. The number of hydrogen-bond donors (Lipinski definition) is 0. The third-order valence-corrected chi connectivity index (χ3v) is 2.59. The van der Waals surface area contributed by atoms with Crippen LogP contribution in [0.15, 0.2) is 47.8 Å². The van der Waals surface area contributed by atoms with Crippen LogP contribution < -0.4 is 0 Å². The van der Waals surface area contributed by atoms with Crippen LogP contribution in [0, 0.1) is 0 Å². The highest BCUT2D eigenvalue weighted by Crippen LogP contribution is 2.28. The van der Waals surface area contributed by atoms with Crippen molar-refractivity contribution in [3.05, 3.63) is 53.9 Å². The Morgan fingerprint density at radius 3 is 2.87 bits per heavy atom. The van der Waals surface area contributed by atoms with Crippen LogP contribution in [0.4, 0.5) is 0 Å². The maximum atomic E-state index is 4.88. The van der Waals surface area contributed by atoms with Gasteiger partial charge in [0, 0.05) is 11.8 Å². The van der Waals surface area contributed by atoms with Crippen LogP contribution in [0.3, 0.4) is 0 Å². The average molecular weight is 198 g/mol. The number of benzene rings is 1. The summed E-state index contributed by atoms with van der Waals surface area (Å²) in [5, 5.41) is 4.07. The van der Waals surface area contributed by atoms with Crippen LogP contribution >= 0.6 is 0 Å². The SMILES string of the molecule is CO/N=C1\c2ccccc2-n2cccc21. The van der Waals surface area contributed by atoms with Gasteiger partial charge in [0.1, 0.15) is 12.8 Å². The zero-order valence-electron chi connectivity index (χ0n) is 8.34. The highest BCUT2D eigenvalue weighted by molar-refractivity contribution is 6.17. The molecule has 3 nitrogen and oxygen atoms in total. The summed E-state index contributed by atoms with van der Waals surface area (Å²) in [5.41, 5.74) is 4.26. The van der Waals surface area contributed by atoms with Gasteiger partial charge >= 0.3 is 0 Å². The van der Waals surface area contributed by atoms with Gasteiger partial charge in [-0.05, 0) is 18.2 Å². The van der Waals surface area contributed by atoms with E-state index >= 15 is 0 Å². The Bertz CT molecular complexity index is 540. The minimum atomic E-state index is 0.901. The lowest BCUT2D eigenvalue weighted by molar-refractivity contribution is 0.214. The molecular formula is C12H10N2O. The van der Waals surface area contributed by atoms with Gasteiger partial charge in [-0.2, -0.15) is 0 Å². The first-order valence-corrected chi connectivity index (χ1v) is 4.80. The molecule has 0 aliphatic carbocycles. The number of nitrogens with zero attached hydrogens (tertiary/aromatic N) is 2. The summed E-state index contributed by atoms with van der Waals surface area (Å²) >= 11 is 0. The summed E-state index contributed by atoms with van der Waals surface area (Å²) in [6, 6.07) is 12.2. The fraction of sp³-hybridized carbons (Fsp3) is 0.0833. The molecule has 2 aromatic rings. The largest absolute Gasteiger partial charge is 0.399 e. The molecule has 1 aliphatic heterocycles. The van der Waals surface area contributed by atoms with Crippen molar-refractivity contribution >= 4 is 5.71 Å². The molecule has 0 atom stereocenters. The zero-order valence-corrected chi connectivity index (χ0v) is 8.34. The van der Waals surface area contributed by atoms with Crippen LogP contribution in [-0.2, 0) is 4.84 Å². The first-order valence-electron chi connectivity index (χ1n) is 4.80. The zero-order chi connectivity index (χ0) is 10.3. The van der Waals surface area contributed by atoms with Gasteiger partial charge in [0.25, 0.3) is 0 Å². The van der Waals surface area contributed by atoms with E-state index in [-0.39, 0.29) is 0 Å². The van der Waals surface area contributed by atoms with Gasteiger partial charge in [0.15, 0.2) is 0 Å². The summed E-state index contributed by atoms with van der Waals surface area (Å²) in [4.78, 5) is 4.88. The van der Waals surface area contributed by atoms with E-state index < -0.39 is 0 Å². The Morgan fingerprint density at radius 2 is 2.00 bits per heavy atom. The van der Waals surface area contributed by atoms with Crippen LogP contribution in [-0.4, -0.2) is 17.4 Å². The van der Waals surface area contributed by atoms with Gasteiger partial charge in [0.2, 0.25) is 0 Å². The Morgan fingerprint density at radius 1 is 1.13 bits per heavy atom. The van der Waals surface area contributed by atoms with Crippen LogP contribution in [0.2, 0.25) is 0 Å². The minimum Gasteiger partial charge on any atom is -0.399 e. The van der Waals surface area contributed by atoms with Crippen LogP contribution in [0.1, 0.15) is 11.3 Å². The molecule has 3 heteroatoms. The standard InChI is InChI=1S/C12H10N2O/c1-15-13-12-9-5-2-3-6-10(9)14-8-4-7-11(12)14/h2-8H,1H3/b13-12+. The molecule has 1 aliphatic rings. The van der Waals surface area contributed by atoms with Crippen molar-refractivity contribution in [1.29, 1.82) is 0 Å². The second-order valence-corrected chi connectivity index (χ2v) is 3.40. The predicted octanol–water partition coefficient (Wildman–Crippen LogP) is 2.19. The topological polar surface area (TPSA) is 26.5 Å². The third kappa shape index (κ3) is 1.03. The van der Waals surface area contributed by atoms with Gasteiger partial charge in [-0.3, -0.25) is 0 Å². The molecule has 74 valence electrons. The van der Waals surface area contributed by atoms with Gasteiger partial charge in [-0.1, -0.05) is 23.4 Å². The monoisotopic (exact) mass is 198 g/mol. The molecule has 0 saturated carbocycles. The maximum Gasteiger partial charge on any atom is 0.136 e. The molecule has 0 amide bonds. The predicted molar refractivity (Wildman–Crippen MR) is 58.4 cm³/mol. The lowest BCUT2D eigenvalue weighted by Crippen LogP contribution is -1.98. The number of rotatable bonds is 1. The Kier molecular flexibility index (Phi) is 1.65. The molecule has 0 spiro atoms. The molecule has 0 saturated heterocycles. The highest BCUT2D eigenvalue weighted by Gasteiger charge is 2.23. The molecule has 1 aromatic heterocycles. The first kappa shape index (κ1) is 8.29. The summed E-state index contributed by atoms with van der Waals surface area (Å²) < 4.78 is 2.12. The quantitative estimate of drug-likeness (QED) is 0.550. The first-order chi connectivity index (χ1) is 7.42. The van der Waals surface area contributed by atoms with E-state index in [1.807, 2.05) is 30.5 Å². The molecule has 0 radical (unpaired) electrons. The van der Waals surface area contributed by atoms with E-state index in [2.05, 4.69) is 21.9 Å². The van der Waals surface area contributed by atoms with E-state index in [0.29, 0.717) is 0 Å². The number of aromatic nitrogens is 1. The van der Waals surface area contributed by atoms with Crippen LogP contribution in [0.5, 0.6) is 0 Å². The molecule has 15 heavy (non-hydrogen) atoms. The maximum absolute atomic E-state index is 4.88. The van der Waals surface area contributed by atoms with Crippen LogP contribution in [0.25, 0.3) is 5.69 Å². The Hall–Kier alpha value is -2.03.